The van der Waals surface area contributed by atoms with Gasteiger partial charge in [-0.3, -0.25) is 102 Å². The van der Waals surface area contributed by atoms with Gasteiger partial charge in [-0.1, -0.05) is 80.9 Å². The van der Waals surface area contributed by atoms with Crippen molar-refractivity contribution in [3.05, 3.63) is 120 Å². The van der Waals surface area contributed by atoms with Crippen LogP contribution in [0.3, 0.4) is 0 Å². The van der Waals surface area contributed by atoms with Crippen molar-refractivity contribution in [1.82, 2.24) is 94.7 Å². The minimum absolute atomic E-state index is 0.0179. The third-order valence-corrected chi connectivity index (χ3v) is 21.6. The number of carboxylic acid groups (broad SMARTS) is 2. The molecule has 0 aliphatic carbocycles. The van der Waals surface area contributed by atoms with Crippen LogP contribution < -0.4 is 103 Å². The third kappa shape index (κ3) is 39.0. The summed E-state index contributed by atoms with van der Waals surface area (Å²) in [6.07, 6.45) is 1.83. The van der Waals surface area contributed by atoms with Crippen LogP contribution in [0.2, 0.25) is 0 Å². The molecule has 0 saturated heterocycles. The number of carboxylic acids is 2. The number of imide groups is 1. The average molecular weight is 1910 g/mol. The van der Waals surface area contributed by atoms with E-state index < -0.39 is 253 Å². The zero-order chi connectivity index (χ0) is 97.9. The number of imidazole rings is 1. The van der Waals surface area contributed by atoms with E-state index in [2.05, 4.69) is 93.6 Å². The molecule has 722 valence electrons. The van der Waals surface area contributed by atoms with Crippen LogP contribution in [0.5, 0.6) is 5.75 Å². The molecule has 132 heavy (non-hydrogen) atoms. The predicted octanol–water partition coefficient (Wildman–Crippen LogP) is -6.63. The number of H-pyrrole nitrogens is 2. The van der Waals surface area contributed by atoms with E-state index in [1.165, 1.54) is 73.7 Å². The molecule has 0 fully saturated rings. The molecular weight excluding hydrogens is 1790 g/mol. The van der Waals surface area contributed by atoms with Gasteiger partial charge in [0.25, 0.3) is 0 Å². The highest BCUT2D eigenvalue weighted by Crippen LogP contribution is 2.21. The summed E-state index contributed by atoms with van der Waals surface area (Å²) in [6, 6.07) is -2.84. The smallest absolute Gasteiger partial charge is 0.448 e. The number of nitrogens with zero attached hydrogens (tertiary/aromatic N) is 1. The number of amides is 14. The number of phenolic OH excluding ortho intramolecular Hbond substituents is 1. The van der Waals surface area contributed by atoms with Crippen molar-refractivity contribution in [3.8, 4) is 5.75 Å². The Kier molecular flexibility index (Phi) is 45.8. The van der Waals surface area contributed by atoms with Gasteiger partial charge in [-0.05, 0) is 110 Å². The molecule has 52 heteroatoms. The topological polar surface area (TPSA) is 811 Å². The van der Waals surface area contributed by atoms with Crippen LogP contribution in [0, 0.1) is 16.7 Å². The maximum atomic E-state index is 14.8. The third-order valence-electron chi connectivity index (χ3n) is 19.9. The van der Waals surface area contributed by atoms with Crippen molar-refractivity contribution in [2.75, 3.05) is 50.3 Å². The standard InChI is InChI=1S/C80H114N24O25S3/c1-5-41(2)65(103-71(118)52(18-12-26-89-80(85)86)94-67(114)49(82)32-45-37-87-40-92-45)78(125)102-60(39-105)77(124)100-57(33-62(108)109)73(120)96-51(17-11-25-88-79(83)84)69(116)99-58(34-63(110)111)76(123)104-75(122)55(30-42-13-7-6-8-14-42)98-74(121)59(35-64(112)129-132(126,127)128)101-70(117)54(24-28-131-4)97-72(119)56(31-44-36-90-50-16-10-9-15-47(44)50)93-61(107)38-91-68(115)53(23-27-130-3)95-66(113)48(81)29-43-19-21-46(106)22-20-43/h6-10,13-16,19-22,36-37,40-41,48-49,51-60,65,90,105-106H,5,11-12,17-18,23-35,38-39,81-82H2,1-4H3,(H,87,92)(H,91,115)(H,93,107)(H,94,114)(H,95,113)(H,96,120)(H,97,119)(H,98,121)(H,99,116)(H,100,124)(H,101,117)(H,102,125)(H,103,118)(H,108,109)(H,110,111)(H4,83,84,88)(H4,85,86,89)(H,104,122,123)(H,126,127,128). The number of nitrogens with one attached hydrogen (secondary N) is 19. The maximum absolute atomic E-state index is 14.8. The number of aliphatic carboxylic acids is 2. The Bertz CT molecular complexity index is 4940. The van der Waals surface area contributed by atoms with E-state index in [-0.39, 0.29) is 87.9 Å². The number of carbonyl (C=O) groups excluding carboxylic acids is 15. The molecule has 14 unspecified atom stereocenters. The number of benzene rings is 3. The molecule has 2 heterocycles. The van der Waals surface area contributed by atoms with E-state index in [4.69, 9.17) is 33.8 Å². The van der Waals surface area contributed by atoms with Gasteiger partial charge in [0.15, 0.2) is 11.9 Å². The molecule has 5 aromatic rings. The van der Waals surface area contributed by atoms with Gasteiger partial charge >= 0.3 is 28.3 Å². The molecular formula is C80H114N24O25S3. The molecule has 0 saturated carbocycles. The summed E-state index contributed by atoms with van der Waals surface area (Å²) in [5.74, 6) is -23.6. The van der Waals surface area contributed by atoms with Gasteiger partial charge in [0.1, 0.15) is 72.2 Å². The number of rotatable bonds is 58. The van der Waals surface area contributed by atoms with Crippen LogP contribution >= 0.6 is 23.5 Å². The van der Waals surface area contributed by atoms with E-state index in [0.29, 0.717) is 33.5 Å². The van der Waals surface area contributed by atoms with Gasteiger partial charge in [-0.2, -0.15) is 31.9 Å². The maximum Gasteiger partial charge on any atom is 0.448 e. The zero-order valence-electron chi connectivity index (χ0n) is 72.3. The highest BCUT2D eigenvalue weighted by Gasteiger charge is 2.40. The van der Waals surface area contributed by atoms with Gasteiger partial charge in [-0.15, -0.1) is 0 Å². The number of carbonyl (C=O) groups is 17. The fraction of sp³-hybridized carbons (Fsp3) is 0.475. The SMILES string of the molecule is CCC(C)C(NC(=O)C(CCCNC(=N)N)NC(=O)C(N)Cc1c[nH]cn1)C(=O)NC(CO)C(=O)NC(CC(=O)O)C(=O)NC(CCCNC(=N)N)C(=O)NC(CC(=O)O)C(=O)NC(=O)C(Cc1ccccc1)NC(=O)C(CC(=O)OS(=O)(=O)O)NC(=O)C(CCSC)NC(=O)C(Cc1c[nH]c2ccccc12)NC(=O)CNC(=O)C(CCSC)NC(=O)C(N)Cc1ccc(O)cc1. The second kappa shape index (κ2) is 55.5. The Balaban J connectivity index is 1.40. The van der Waals surface area contributed by atoms with E-state index in [1.807, 2.05) is 5.32 Å². The summed E-state index contributed by atoms with van der Waals surface area (Å²) < 4.78 is 37.5. The number of hydrogen-bond donors (Lipinski definition) is 28. The summed E-state index contributed by atoms with van der Waals surface area (Å²) in [7, 11) is -5.67. The molecule has 5 rings (SSSR count). The van der Waals surface area contributed by atoms with E-state index >= 15 is 0 Å². The summed E-state index contributed by atoms with van der Waals surface area (Å²) in [5.41, 5.74) is 25.5. The van der Waals surface area contributed by atoms with Gasteiger partial charge in [0.05, 0.1) is 56.5 Å². The Hall–Kier alpha value is -13.6. The summed E-state index contributed by atoms with van der Waals surface area (Å²) in [4.78, 5) is 247. The van der Waals surface area contributed by atoms with Crippen LogP contribution in [0.25, 0.3) is 10.9 Å². The highest BCUT2D eigenvalue weighted by atomic mass is 32.3. The van der Waals surface area contributed by atoms with Crippen LogP contribution in [-0.2, 0) is 122 Å². The van der Waals surface area contributed by atoms with E-state index in [1.54, 1.807) is 62.0 Å². The molecule has 14 atom stereocenters. The lowest BCUT2D eigenvalue weighted by Crippen LogP contribution is -2.62. The average Bonchev–Trinajstić information content (AvgIpc) is 1.50. The minimum Gasteiger partial charge on any atom is -0.508 e. The molecule has 14 amide bonds. The number of aromatic nitrogens is 3. The number of hydrogen-bond acceptors (Lipinski definition) is 29. The van der Waals surface area contributed by atoms with Gasteiger partial charge in [0.2, 0.25) is 82.7 Å². The van der Waals surface area contributed by atoms with Crippen LogP contribution in [0.1, 0.15) is 100 Å². The number of aromatic amines is 2. The number of para-hydroxylation sites is 1. The molecule has 49 nitrogen and oxygen atoms in total. The Morgan fingerprint density at radius 1 is 0.492 bits per heavy atom. The number of guanidine groups is 2. The summed E-state index contributed by atoms with van der Waals surface area (Å²) >= 11 is 2.50. The molecule has 0 spiro atoms. The highest BCUT2D eigenvalue weighted by molar-refractivity contribution is 7.98. The fourth-order valence-electron chi connectivity index (χ4n) is 12.8. The molecule has 0 radical (unpaired) electrons. The number of nitrogens with two attached hydrogens (primary N) is 4. The van der Waals surface area contributed by atoms with E-state index in [0.717, 1.165) is 11.8 Å². The fourth-order valence-corrected chi connectivity index (χ4v) is 14.1. The van der Waals surface area contributed by atoms with Crippen molar-refractivity contribution in [3.63, 3.8) is 0 Å². The van der Waals surface area contributed by atoms with Crippen LogP contribution in [-0.4, -0.2) is 290 Å². The molecule has 0 aliphatic heterocycles. The Morgan fingerprint density at radius 2 is 0.932 bits per heavy atom. The first-order valence-corrected chi connectivity index (χ1v) is 45.4. The first-order valence-electron chi connectivity index (χ1n) is 41.2. The second-order valence-corrected chi connectivity index (χ2v) is 33.2. The van der Waals surface area contributed by atoms with Gasteiger partial charge in [0, 0.05) is 55.6 Å². The number of aromatic hydroxyl groups is 1. The minimum atomic E-state index is -5.67. The predicted molar refractivity (Wildman–Crippen MR) is 477 cm³/mol. The van der Waals surface area contributed by atoms with Crippen molar-refractivity contribution in [2.24, 2.45) is 28.9 Å². The number of phenols is 1. The first-order chi connectivity index (χ1) is 62.5. The van der Waals surface area contributed by atoms with Crippen molar-refractivity contribution < 1.29 is 119 Å². The van der Waals surface area contributed by atoms with E-state index in [9.17, 15) is 115 Å². The molecule has 32 N–H and O–H groups in total. The van der Waals surface area contributed by atoms with Crippen molar-refractivity contribution >= 4 is 157 Å². The lowest BCUT2D eigenvalue weighted by Gasteiger charge is -2.29. The molecule has 0 aliphatic rings. The lowest BCUT2D eigenvalue weighted by molar-refractivity contribution is -0.143. The first kappa shape index (κ1) is 109. The monoisotopic (exact) mass is 1910 g/mol. The van der Waals surface area contributed by atoms with Crippen molar-refractivity contribution in [1.29, 1.82) is 10.8 Å². The van der Waals surface area contributed by atoms with Crippen LogP contribution in [0.15, 0.2) is 97.6 Å². The summed E-state index contributed by atoms with van der Waals surface area (Å²) in [6.45, 7) is 0.955. The molecule has 3 aromatic carbocycles. The van der Waals surface area contributed by atoms with Crippen molar-refractivity contribution in [2.45, 2.75) is 182 Å². The Labute approximate surface area is 765 Å². The quantitative estimate of drug-likeness (QED) is 0.00745. The normalized spacial score (nSPS) is 14.3. The van der Waals surface area contributed by atoms with Gasteiger partial charge in [-0.25, -0.2) is 4.98 Å². The van der Waals surface area contributed by atoms with Gasteiger partial charge < -0.3 is 132 Å². The zero-order valence-corrected chi connectivity index (χ0v) is 74.8. The largest absolute Gasteiger partial charge is 0.508 e. The second-order valence-electron chi connectivity index (χ2n) is 30.2. The molecule has 2 aromatic heterocycles. The Morgan fingerprint density at radius 3 is 1.45 bits per heavy atom. The number of aliphatic hydroxyl groups excluding tert-OH is 1. The molecule has 0 bridgehead atoms. The summed E-state index contributed by atoms with van der Waals surface area (Å²) in [5, 5.41) is 91.3. The van der Waals surface area contributed by atoms with Crippen LogP contribution in [0.4, 0.5) is 0 Å². The number of thioether (sulfide) groups is 2. The number of fused-ring (bicyclic) bond motifs is 1. The number of aliphatic hydroxyl groups is 1. The lowest BCUT2D eigenvalue weighted by atomic mass is 9.97.